The highest BCUT2D eigenvalue weighted by Gasteiger charge is 2.58. The van der Waals surface area contributed by atoms with Crippen LogP contribution in [-0.4, -0.2) is 51.4 Å². The summed E-state index contributed by atoms with van der Waals surface area (Å²) in [4.78, 5) is 9.35. The molecule has 0 rings (SSSR count). The largest absolute Gasteiger partial charge is 0.465 e. The lowest BCUT2D eigenvalue weighted by Gasteiger charge is -2.20. The standard InChI is InChI=1S/C11H10F10O4S/c1-25-7(22)6(2-3-8(12,13)10(16,17)18)26(23,24)5-4-9(14,15)11(19,20)21/h2H,3-5H2,1H3. The molecule has 0 aromatic carbocycles. The Morgan fingerprint density at radius 3 is 1.65 bits per heavy atom. The summed E-state index contributed by atoms with van der Waals surface area (Å²) in [6, 6.07) is 0. The predicted molar refractivity (Wildman–Crippen MR) is 65.1 cm³/mol. The third-order valence-electron chi connectivity index (χ3n) is 2.78. The third kappa shape index (κ3) is 6.02. The van der Waals surface area contributed by atoms with E-state index in [4.69, 9.17) is 0 Å². The molecule has 26 heavy (non-hydrogen) atoms. The average molecular weight is 428 g/mol. The Morgan fingerprint density at radius 2 is 1.31 bits per heavy atom. The predicted octanol–water partition coefficient (Wildman–Crippen LogP) is 3.63. The molecular weight excluding hydrogens is 418 g/mol. The molecule has 0 N–H and O–H groups in total. The first-order valence-electron chi connectivity index (χ1n) is 6.19. The number of sulfone groups is 1. The molecule has 0 aliphatic carbocycles. The number of methoxy groups -OCH3 is 1. The van der Waals surface area contributed by atoms with Crippen LogP contribution in [0.4, 0.5) is 43.9 Å². The van der Waals surface area contributed by atoms with E-state index in [1.165, 1.54) is 0 Å². The summed E-state index contributed by atoms with van der Waals surface area (Å²) < 4.78 is 150. The molecule has 15 heteroatoms. The van der Waals surface area contributed by atoms with Crippen LogP contribution in [0.25, 0.3) is 0 Å². The van der Waals surface area contributed by atoms with Crippen LogP contribution in [0, 0.1) is 0 Å². The van der Waals surface area contributed by atoms with Gasteiger partial charge in [0.05, 0.1) is 12.9 Å². The van der Waals surface area contributed by atoms with E-state index in [0.29, 0.717) is 7.11 Å². The molecular formula is C11H10F10O4S. The molecule has 0 unspecified atom stereocenters. The Bertz CT molecular complexity index is 645. The molecule has 0 amide bonds. The topological polar surface area (TPSA) is 60.4 Å². The maximum Gasteiger partial charge on any atom is 0.453 e. The van der Waals surface area contributed by atoms with Crippen LogP contribution >= 0.6 is 0 Å². The fourth-order valence-electron chi connectivity index (χ4n) is 1.29. The summed E-state index contributed by atoms with van der Waals surface area (Å²) in [7, 11) is -4.91. The third-order valence-corrected chi connectivity index (χ3v) is 4.52. The van der Waals surface area contributed by atoms with Gasteiger partial charge in [0.1, 0.15) is 4.91 Å². The van der Waals surface area contributed by atoms with Crippen molar-refractivity contribution in [3.63, 3.8) is 0 Å². The number of esters is 1. The molecule has 0 aliphatic heterocycles. The normalized spacial score (nSPS) is 15.1. The van der Waals surface area contributed by atoms with E-state index >= 15 is 0 Å². The Kier molecular flexibility index (Phi) is 7.15. The van der Waals surface area contributed by atoms with E-state index in [1.54, 1.807) is 0 Å². The zero-order chi connectivity index (χ0) is 21.2. The summed E-state index contributed by atoms with van der Waals surface area (Å²) in [6.07, 6.45) is -17.5. The van der Waals surface area contributed by atoms with Gasteiger partial charge in [0.15, 0.2) is 9.84 Å². The molecule has 0 heterocycles. The molecule has 0 aromatic heterocycles. The lowest BCUT2D eigenvalue weighted by Crippen LogP contribution is -2.38. The minimum atomic E-state index is -6.14. The van der Waals surface area contributed by atoms with Gasteiger partial charge in [-0.25, -0.2) is 13.2 Å². The molecule has 154 valence electrons. The number of carbonyl (C=O) groups excluding carboxylic acids is 1. The maximum atomic E-state index is 12.8. The Morgan fingerprint density at radius 1 is 0.885 bits per heavy atom. The van der Waals surface area contributed by atoms with Crippen LogP contribution < -0.4 is 0 Å². The zero-order valence-corrected chi connectivity index (χ0v) is 13.3. The van der Waals surface area contributed by atoms with Crippen molar-refractivity contribution in [1.29, 1.82) is 0 Å². The van der Waals surface area contributed by atoms with Gasteiger partial charge in [0, 0.05) is 12.8 Å². The second kappa shape index (κ2) is 7.60. The Labute approximate surface area is 139 Å². The van der Waals surface area contributed by atoms with Gasteiger partial charge < -0.3 is 4.74 Å². The van der Waals surface area contributed by atoms with E-state index in [1.807, 2.05) is 0 Å². The van der Waals surface area contributed by atoms with Crippen molar-refractivity contribution >= 4 is 15.8 Å². The van der Waals surface area contributed by atoms with Crippen LogP contribution in [0.15, 0.2) is 11.0 Å². The Hall–Kier alpha value is -1.54. The molecule has 0 aromatic rings. The van der Waals surface area contributed by atoms with Gasteiger partial charge >= 0.3 is 30.2 Å². The van der Waals surface area contributed by atoms with Gasteiger partial charge in [-0.1, -0.05) is 6.08 Å². The number of ether oxygens (including phenoxy) is 1. The first-order chi connectivity index (χ1) is 11.3. The second-order valence-electron chi connectivity index (χ2n) is 4.74. The van der Waals surface area contributed by atoms with E-state index in [0.717, 1.165) is 0 Å². The number of allylic oxidation sites excluding steroid dienone is 1. The highest BCUT2D eigenvalue weighted by molar-refractivity contribution is 7.96. The van der Waals surface area contributed by atoms with Crippen molar-refractivity contribution in [2.24, 2.45) is 0 Å². The summed E-state index contributed by atoms with van der Waals surface area (Å²) in [5.41, 5.74) is 0. The molecule has 0 saturated carbocycles. The summed E-state index contributed by atoms with van der Waals surface area (Å²) in [5.74, 6) is -15.1. The molecule has 0 spiro atoms. The minimum absolute atomic E-state index is 0.444. The first-order valence-corrected chi connectivity index (χ1v) is 7.84. The van der Waals surface area contributed by atoms with Crippen molar-refractivity contribution in [2.75, 3.05) is 12.9 Å². The van der Waals surface area contributed by atoms with Crippen LogP contribution in [-0.2, 0) is 19.4 Å². The Balaban J connectivity index is 5.68. The summed E-state index contributed by atoms with van der Waals surface area (Å²) in [5, 5.41) is 0. The van der Waals surface area contributed by atoms with Crippen LogP contribution in [0.2, 0.25) is 0 Å². The molecule has 0 fully saturated rings. The fourth-order valence-corrected chi connectivity index (χ4v) is 2.71. The van der Waals surface area contributed by atoms with Crippen molar-refractivity contribution in [1.82, 2.24) is 0 Å². The lowest BCUT2D eigenvalue weighted by atomic mass is 10.2. The summed E-state index contributed by atoms with van der Waals surface area (Å²) >= 11 is 0. The number of hydrogen-bond donors (Lipinski definition) is 0. The van der Waals surface area contributed by atoms with Crippen molar-refractivity contribution in [2.45, 2.75) is 37.0 Å². The SMILES string of the molecule is COC(=O)C(=CCC(F)(F)C(F)(F)F)S(=O)(=O)CCC(F)(F)C(F)(F)F. The van der Waals surface area contributed by atoms with E-state index in [-0.39, 0.29) is 0 Å². The monoisotopic (exact) mass is 428 g/mol. The van der Waals surface area contributed by atoms with Crippen LogP contribution in [0.3, 0.4) is 0 Å². The number of carbonyl (C=O) groups is 1. The second-order valence-corrected chi connectivity index (χ2v) is 6.81. The molecule has 0 radical (unpaired) electrons. The number of alkyl halides is 10. The van der Waals surface area contributed by atoms with Gasteiger partial charge in [0.2, 0.25) is 0 Å². The van der Waals surface area contributed by atoms with Gasteiger partial charge in [-0.15, -0.1) is 0 Å². The highest BCUT2D eigenvalue weighted by Crippen LogP contribution is 2.40. The van der Waals surface area contributed by atoms with E-state index < -0.39 is 69.6 Å². The molecule has 0 atom stereocenters. The number of rotatable bonds is 7. The fraction of sp³-hybridized carbons (Fsp3) is 0.727. The minimum Gasteiger partial charge on any atom is -0.465 e. The van der Waals surface area contributed by atoms with Crippen LogP contribution in [0.5, 0.6) is 0 Å². The van der Waals surface area contributed by atoms with E-state index in [2.05, 4.69) is 4.74 Å². The van der Waals surface area contributed by atoms with Gasteiger partial charge in [-0.3, -0.25) is 0 Å². The van der Waals surface area contributed by atoms with Crippen molar-refractivity contribution < 1.29 is 61.9 Å². The maximum absolute atomic E-state index is 12.8. The average Bonchev–Trinajstić information content (AvgIpc) is 2.42. The van der Waals surface area contributed by atoms with Crippen molar-refractivity contribution in [3.8, 4) is 0 Å². The van der Waals surface area contributed by atoms with Crippen LogP contribution in [0.1, 0.15) is 12.8 Å². The summed E-state index contributed by atoms with van der Waals surface area (Å²) in [6.45, 7) is 0. The molecule has 0 bridgehead atoms. The zero-order valence-electron chi connectivity index (χ0n) is 12.5. The van der Waals surface area contributed by atoms with Gasteiger partial charge in [0.25, 0.3) is 0 Å². The molecule has 0 saturated heterocycles. The molecule has 0 aliphatic rings. The number of hydrogen-bond acceptors (Lipinski definition) is 4. The molecule has 4 nitrogen and oxygen atoms in total. The number of halogens is 10. The lowest BCUT2D eigenvalue weighted by molar-refractivity contribution is -0.282. The smallest absolute Gasteiger partial charge is 0.453 e. The first kappa shape index (κ1) is 24.5. The van der Waals surface area contributed by atoms with Crippen molar-refractivity contribution in [3.05, 3.63) is 11.0 Å². The quantitative estimate of drug-likeness (QED) is 0.353. The van der Waals surface area contributed by atoms with E-state index in [9.17, 15) is 57.1 Å². The van der Waals surface area contributed by atoms with Gasteiger partial charge in [-0.2, -0.15) is 43.9 Å². The van der Waals surface area contributed by atoms with Gasteiger partial charge in [-0.05, 0) is 0 Å². The highest BCUT2D eigenvalue weighted by atomic mass is 32.2.